The Bertz CT molecular complexity index is 575. The molecule has 3 rings (SSSR count). The largest absolute Gasteiger partial charge is 0.423 e. The third-order valence-corrected chi connectivity index (χ3v) is 3.71. The minimum absolute atomic E-state index is 0.0315. The Kier molecular flexibility index (Phi) is 3.58. The predicted octanol–water partition coefficient (Wildman–Crippen LogP) is 2.18. The number of rotatable bonds is 3. The van der Waals surface area contributed by atoms with Gasteiger partial charge in [-0.15, -0.1) is 0 Å². The average molecular weight is 273 g/mol. The predicted molar refractivity (Wildman–Crippen MR) is 77.6 cm³/mol. The van der Waals surface area contributed by atoms with E-state index in [4.69, 9.17) is 4.42 Å². The summed E-state index contributed by atoms with van der Waals surface area (Å²) < 4.78 is 5.81. The van der Waals surface area contributed by atoms with Gasteiger partial charge in [0.05, 0.1) is 0 Å². The fourth-order valence-corrected chi connectivity index (χ4v) is 2.69. The third-order valence-electron chi connectivity index (χ3n) is 3.71. The lowest BCUT2D eigenvalue weighted by Crippen LogP contribution is -2.40. The van der Waals surface area contributed by atoms with Crippen LogP contribution in [0, 0.1) is 5.92 Å². The van der Waals surface area contributed by atoms with Crippen LogP contribution in [-0.4, -0.2) is 30.5 Å². The van der Waals surface area contributed by atoms with Gasteiger partial charge in [-0.3, -0.25) is 4.79 Å². The maximum atomic E-state index is 11.0. The van der Waals surface area contributed by atoms with Crippen LogP contribution in [0.3, 0.4) is 0 Å². The van der Waals surface area contributed by atoms with Crippen molar-refractivity contribution in [1.82, 2.24) is 10.3 Å². The highest BCUT2D eigenvalue weighted by Gasteiger charge is 2.23. The van der Waals surface area contributed by atoms with Crippen LogP contribution in [0.15, 0.2) is 28.7 Å². The molecule has 5 heteroatoms. The molecule has 1 fully saturated rings. The summed E-state index contributed by atoms with van der Waals surface area (Å²) in [7, 11) is 0. The summed E-state index contributed by atoms with van der Waals surface area (Å²) in [6.07, 6.45) is 2.24. The van der Waals surface area contributed by atoms with Gasteiger partial charge in [0.25, 0.3) is 6.01 Å². The first kappa shape index (κ1) is 13.0. The molecule has 0 radical (unpaired) electrons. The zero-order valence-corrected chi connectivity index (χ0v) is 11.6. The molecule has 0 aliphatic carbocycles. The number of anilines is 1. The van der Waals surface area contributed by atoms with Crippen LogP contribution in [-0.2, 0) is 4.79 Å². The molecule has 1 aliphatic rings. The van der Waals surface area contributed by atoms with E-state index >= 15 is 0 Å². The topological polar surface area (TPSA) is 58.4 Å². The van der Waals surface area contributed by atoms with Crippen LogP contribution in [0.2, 0.25) is 0 Å². The minimum Gasteiger partial charge on any atom is -0.423 e. The van der Waals surface area contributed by atoms with Crippen molar-refractivity contribution in [2.45, 2.75) is 19.8 Å². The maximum absolute atomic E-state index is 11.0. The third kappa shape index (κ3) is 2.76. The monoisotopic (exact) mass is 273 g/mol. The SMILES string of the molecule is CC(=O)NCC1CCCN(c2nc3ccccc3o2)C1. The van der Waals surface area contributed by atoms with Crippen molar-refractivity contribution >= 4 is 23.0 Å². The van der Waals surface area contributed by atoms with Crippen LogP contribution in [0.5, 0.6) is 0 Å². The van der Waals surface area contributed by atoms with Gasteiger partial charge in [0, 0.05) is 26.6 Å². The zero-order valence-electron chi connectivity index (χ0n) is 11.6. The number of oxazole rings is 1. The van der Waals surface area contributed by atoms with E-state index < -0.39 is 0 Å². The van der Waals surface area contributed by atoms with Crippen LogP contribution in [0.1, 0.15) is 19.8 Å². The number of para-hydroxylation sites is 2. The Balaban J connectivity index is 1.71. The fourth-order valence-electron chi connectivity index (χ4n) is 2.69. The molecule has 0 saturated carbocycles. The summed E-state index contributed by atoms with van der Waals surface area (Å²) in [4.78, 5) is 17.7. The van der Waals surface area contributed by atoms with Crippen LogP contribution in [0.25, 0.3) is 11.1 Å². The molecule has 1 saturated heterocycles. The van der Waals surface area contributed by atoms with Crippen molar-refractivity contribution < 1.29 is 9.21 Å². The van der Waals surface area contributed by atoms with Crippen LogP contribution < -0.4 is 10.2 Å². The number of nitrogens with one attached hydrogen (secondary N) is 1. The summed E-state index contributed by atoms with van der Waals surface area (Å²) >= 11 is 0. The number of carbonyl (C=O) groups is 1. The highest BCUT2D eigenvalue weighted by molar-refractivity contribution is 5.74. The Morgan fingerprint density at radius 1 is 1.50 bits per heavy atom. The first-order valence-corrected chi connectivity index (χ1v) is 7.07. The normalized spacial score (nSPS) is 19.2. The number of aromatic nitrogens is 1. The standard InChI is InChI=1S/C15H19N3O2/c1-11(19)16-9-12-5-4-8-18(10-12)15-17-13-6-2-3-7-14(13)20-15/h2-3,6-7,12H,4-5,8-10H2,1H3,(H,16,19). The Labute approximate surface area is 118 Å². The number of amides is 1. The number of piperidine rings is 1. The quantitative estimate of drug-likeness (QED) is 0.931. The van der Waals surface area contributed by atoms with Crippen molar-refractivity contribution in [3.05, 3.63) is 24.3 Å². The smallest absolute Gasteiger partial charge is 0.298 e. The van der Waals surface area contributed by atoms with Gasteiger partial charge in [0.2, 0.25) is 5.91 Å². The molecule has 1 aromatic heterocycles. The van der Waals surface area contributed by atoms with E-state index in [1.165, 1.54) is 0 Å². The summed E-state index contributed by atoms with van der Waals surface area (Å²) in [5.41, 5.74) is 1.72. The number of nitrogens with zero attached hydrogens (tertiary/aromatic N) is 2. The Morgan fingerprint density at radius 2 is 2.35 bits per heavy atom. The van der Waals surface area contributed by atoms with Gasteiger partial charge in [-0.05, 0) is 30.9 Å². The molecule has 2 aromatic rings. The van der Waals surface area contributed by atoms with Crippen molar-refractivity contribution in [3.8, 4) is 0 Å². The van der Waals surface area contributed by atoms with E-state index in [0.29, 0.717) is 11.9 Å². The van der Waals surface area contributed by atoms with Gasteiger partial charge in [0.15, 0.2) is 5.58 Å². The molecule has 1 aliphatic heterocycles. The molecule has 1 atom stereocenters. The highest BCUT2D eigenvalue weighted by atomic mass is 16.4. The van der Waals surface area contributed by atoms with Crippen LogP contribution in [0.4, 0.5) is 6.01 Å². The fraction of sp³-hybridized carbons (Fsp3) is 0.467. The van der Waals surface area contributed by atoms with Crippen molar-refractivity contribution in [1.29, 1.82) is 0 Å². The van der Waals surface area contributed by atoms with Gasteiger partial charge in [-0.2, -0.15) is 4.98 Å². The second kappa shape index (κ2) is 5.53. The summed E-state index contributed by atoms with van der Waals surface area (Å²) in [5.74, 6) is 0.492. The summed E-state index contributed by atoms with van der Waals surface area (Å²) in [6.45, 7) is 4.13. The lowest BCUT2D eigenvalue weighted by molar-refractivity contribution is -0.119. The summed E-state index contributed by atoms with van der Waals surface area (Å²) in [5, 5.41) is 2.90. The van der Waals surface area contributed by atoms with Gasteiger partial charge in [-0.1, -0.05) is 12.1 Å². The molecule has 5 nitrogen and oxygen atoms in total. The van der Waals surface area contributed by atoms with Gasteiger partial charge < -0.3 is 14.6 Å². The molecular formula is C15H19N3O2. The van der Waals surface area contributed by atoms with E-state index in [1.807, 2.05) is 24.3 Å². The second-order valence-corrected chi connectivity index (χ2v) is 5.36. The van der Waals surface area contributed by atoms with Crippen LogP contribution >= 0.6 is 0 Å². The van der Waals surface area contributed by atoms with Gasteiger partial charge >= 0.3 is 0 Å². The van der Waals surface area contributed by atoms with Gasteiger partial charge in [0.1, 0.15) is 5.52 Å². The molecule has 2 heterocycles. The lowest BCUT2D eigenvalue weighted by atomic mass is 9.98. The molecule has 0 spiro atoms. The number of hydrogen-bond acceptors (Lipinski definition) is 4. The van der Waals surface area contributed by atoms with E-state index in [1.54, 1.807) is 6.92 Å². The maximum Gasteiger partial charge on any atom is 0.298 e. The molecule has 20 heavy (non-hydrogen) atoms. The Morgan fingerprint density at radius 3 is 3.15 bits per heavy atom. The van der Waals surface area contributed by atoms with E-state index in [2.05, 4.69) is 15.2 Å². The number of benzene rings is 1. The molecule has 1 amide bonds. The number of carbonyl (C=O) groups excluding carboxylic acids is 1. The molecule has 1 unspecified atom stereocenters. The lowest BCUT2D eigenvalue weighted by Gasteiger charge is -2.31. The molecule has 106 valence electrons. The summed E-state index contributed by atoms with van der Waals surface area (Å²) in [6, 6.07) is 8.50. The molecular weight excluding hydrogens is 254 g/mol. The minimum atomic E-state index is 0.0315. The van der Waals surface area contributed by atoms with Crippen molar-refractivity contribution in [2.24, 2.45) is 5.92 Å². The number of hydrogen-bond donors (Lipinski definition) is 1. The molecule has 1 N–H and O–H groups in total. The zero-order chi connectivity index (χ0) is 13.9. The molecule has 1 aromatic carbocycles. The Hall–Kier alpha value is -2.04. The highest BCUT2D eigenvalue weighted by Crippen LogP contribution is 2.25. The van der Waals surface area contributed by atoms with Crippen molar-refractivity contribution in [2.75, 3.05) is 24.5 Å². The van der Waals surface area contributed by atoms with Gasteiger partial charge in [-0.25, -0.2) is 0 Å². The number of fused-ring (bicyclic) bond motifs is 1. The second-order valence-electron chi connectivity index (χ2n) is 5.36. The first-order valence-electron chi connectivity index (χ1n) is 7.07. The van der Waals surface area contributed by atoms with E-state index in [9.17, 15) is 4.79 Å². The first-order chi connectivity index (χ1) is 9.72. The molecule has 0 bridgehead atoms. The van der Waals surface area contributed by atoms with E-state index in [0.717, 1.165) is 43.6 Å². The van der Waals surface area contributed by atoms with E-state index in [-0.39, 0.29) is 5.91 Å². The van der Waals surface area contributed by atoms with Crippen molar-refractivity contribution in [3.63, 3.8) is 0 Å². The average Bonchev–Trinajstić information content (AvgIpc) is 2.89.